The maximum Gasteiger partial charge on any atom is 0.147 e. The number of likely N-dealkylation sites (tertiary alicyclic amines) is 1. The topological polar surface area (TPSA) is 55.2 Å². The molecule has 4 rings (SSSR count). The molecule has 1 fully saturated rings. The number of rotatable bonds is 4. The van der Waals surface area contributed by atoms with E-state index in [0.717, 1.165) is 63.7 Å². The van der Waals surface area contributed by atoms with Gasteiger partial charge in [0, 0.05) is 25.6 Å². The van der Waals surface area contributed by atoms with Crippen LogP contribution in [-0.4, -0.2) is 46.4 Å². The highest BCUT2D eigenvalue weighted by Gasteiger charge is 2.27. The normalized spacial score (nSPS) is 18.2. The average Bonchev–Trinajstić information content (AvgIpc) is 3.08. The summed E-state index contributed by atoms with van der Waals surface area (Å²) in [5.41, 5.74) is 2.52. The average molecular weight is 378 g/mol. The first-order chi connectivity index (χ1) is 12.2. The van der Waals surface area contributed by atoms with E-state index in [-0.39, 0.29) is 12.4 Å². The number of nitrogens with zero attached hydrogens (tertiary/aromatic N) is 4. The molecule has 0 unspecified atom stereocenters. The van der Waals surface area contributed by atoms with Gasteiger partial charge in [0.2, 0.25) is 0 Å². The molecule has 0 amide bonds. The molecule has 142 valence electrons. The molecule has 2 aliphatic rings. The second kappa shape index (κ2) is 8.37. The Bertz CT molecular complexity index is 740. The second-order valence-corrected chi connectivity index (χ2v) is 7.16. The monoisotopic (exact) mass is 377 g/mol. The van der Waals surface area contributed by atoms with Crippen molar-refractivity contribution < 1.29 is 4.74 Å². The van der Waals surface area contributed by atoms with Gasteiger partial charge in [-0.05, 0) is 50.0 Å². The third-order valence-corrected chi connectivity index (χ3v) is 5.48. The fourth-order valence-electron chi connectivity index (χ4n) is 3.99. The summed E-state index contributed by atoms with van der Waals surface area (Å²) >= 11 is 0. The Morgan fingerprint density at radius 3 is 2.77 bits per heavy atom. The molecule has 2 aliphatic heterocycles. The van der Waals surface area contributed by atoms with Crippen molar-refractivity contribution in [3.63, 3.8) is 0 Å². The largest absolute Gasteiger partial charge is 0.496 e. The van der Waals surface area contributed by atoms with Gasteiger partial charge in [0.15, 0.2) is 0 Å². The summed E-state index contributed by atoms with van der Waals surface area (Å²) in [4.78, 5) is 2.54. The lowest BCUT2D eigenvalue weighted by Crippen LogP contribution is -2.34. The lowest BCUT2D eigenvalue weighted by molar-refractivity contribution is 0.199. The molecule has 0 spiro atoms. The molecule has 0 atom stereocenters. The summed E-state index contributed by atoms with van der Waals surface area (Å²) in [6.45, 7) is 8.17. The molecule has 0 aliphatic carbocycles. The van der Waals surface area contributed by atoms with Crippen molar-refractivity contribution >= 4 is 12.4 Å². The summed E-state index contributed by atoms with van der Waals surface area (Å²) in [7, 11) is 1.74. The van der Waals surface area contributed by atoms with Crippen molar-refractivity contribution in [3.05, 3.63) is 41.0 Å². The van der Waals surface area contributed by atoms with E-state index in [1.165, 1.54) is 17.0 Å². The van der Waals surface area contributed by atoms with Crippen molar-refractivity contribution in [2.45, 2.75) is 45.3 Å². The predicted molar refractivity (Wildman–Crippen MR) is 104 cm³/mol. The van der Waals surface area contributed by atoms with Gasteiger partial charge in [0.1, 0.15) is 17.4 Å². The molecular weight excluding hydrogens is 350 g/mol. The van der Waals surface area contributed by atoms with Gasteiger partial charge < -0.3 is 14.6 Å². The molecule has 0 saturated carbocycles. The van der Waals surface area contributed by atoms with Crippen molar-refractivity contribution in [1.29, 1.82) is 0 Å². The Morgan fingerprint density at radius 2 is 2.00 bits per heavy atom. The zero-order valence-electron chi connectivity index (χ0n) is 15.6. The maximum absolute atomic E-state index is 5.45. The highest BCUT2D eigenvalue weighted by Crippen LogP contribution is 2.29. The highest BCUT2D eigenvalue weighted by molar-refractivity contribution is 5.85. The van der Waals surface area contributed by atoms with Crippen LogP contribution in [0.3, 0.4) is 0 Å². The predicted octanol–water partition coefficient (Wildman–Crippen LogP) is 2.50. The first kappa shape index (κ1) is 19.1. The molecule has 1 aromatic carbocycles. The van der Waals surface area contributed by atoms with Gasteiger partial charge in [-0.2, -0.15) is 0 Å². The number of hydrogen-bond donors (Lipinski definition) is 1. The Hall–Kier alpha value is -1.63. The zero-order valence-corrected chi connectivity index (χ0v) is 16.4. The van der Waals surface area contributed by atoms with Crippen LogP contribution in [-0.2, 0) is 19.6 Å². The van der Waals surface area contributed by atoms with E-state index >= 15 is 0 Å². The molecular formula is C19H28ClN5O. The molecule has 3 heterocycles. The van der Waals surface area contributed by atoms with Crippen LogP contribution in [0.1, 0.15) is 41.5 Å². The van der Waals surface area contributed by atoms with Crippen molar-refractivity contribution in [2.24, 2.45) is 0 Å². The number of methoxy groups -OCH3 is 1. The van der Waals surface area contributed by atoms with Crippen LogP contribution < -0.4 is 10.1 Å². The molecule has 0 radical (unpaired) electrons. The van der Waals surface area contributed by atoms with E-state index in [9.17, 15) is 0 Å². The molecule has 0 bridgehead atoms. The second-order valence-electron chi connectivity index (χ2n) is 7.16. The lowest BCUT2D eigenvalue weighted by atomic mass is 9.95. The van der Waals surface area contributed by atoms with Gasteiger partial charge in [0.25, 0.3) is 0 Å². The van der Waals surface area contributed by atoms with Gasteiger partial charge in [-0.1, -0.05) is 12.1 Å². The van der Waals surface area contributed by atoms with E-state index in [4.69, 9.17) is 4.74 Å². The number of hydrogen-bond acceptors (Lipinski definition) is 5. The van der Waals surface area contributed by atoms with E-state index in [0.29, 0.717) is 5.92 Å². The van der Waals surface area contributed by atoms with Crippen LogP contribution in [0.5, 0.6) is 5.75 Å². The fourth-order valence-corrected chi connectivity index (χ4v) is 3.99. The van der Waals surface area contributed by atoms with E-state index < -0.39 is 0 Å². The molecule has 26 heavy (non-hydrogen) atoms. The molecule has 7 heteroatoms. The smallest absolute Gasteiger partial charge is 0.147 e. The number of nitrogens with one attached hydrogen (secondary N) is 1. The Kier molecular flexibility index (Phi) is 6.16. The third-order valence-electron chi connectivity index (χ3n) is 5.48. The first-order valence-electron chi connectivity index (χ1n) is 9.23. The quantitative estimate of drug-likeness (QED) is 0.887. The van der Waals surface area contributed by atoms with Crippen molar-refractivity contribution in [2.75, 3.05) is 26.7 Å². The van der Waals surface area contributed by atoms with Gasteiger partial charge in [0.05, 0.1) is 13.7 Å². The van der Waals surface area contributed by atoms with Crippen LogP contribution >= 0.6 is 12.4 Å². The number of benzene rings is 1. The molecule has 6 nitrogen and oxygen atoms in total. The SMILES string of the molecule is COc1cc(CN2CCC(c3nnc4n3CCNC4)CC2)ccc1C.Cl. The van der Waals surface area contributed by atoms with E-state index in [1.54, 1.807) is 7.11 Å². The zero-order chi connectivity index (χ0) is 17.2. The highest BCUT2D eigenvalue weighted by atomic mass is 35.5. The third kappa shape index (κ3) is 3.87. The minimum Gasteiger partial charge on any atom is -0.496 e. The number of aryl methyl sites for hydroxylation is 1. The standard InChI is InChI=1S/C19H27N5O.ClH/c1-14-3-4-15(11-17(14)25-2)13-23-8-5-16(6-9-23)19-22-21-18-12-20-7-10-24(18)19;/h3-4,11,16,20H,5-10,12-13H2,1-2H3;1H. The minimum absolute atomic E-state index is 0. The number of ether oxygens (including phenoxy) is 1. The molecule has 1 aromatic heterocycles. The van der Waals surface area contributed by atoms with Crippen LogP contribution in [0.4, 0.5) is 0 Å². The molecule has 1 N–H and O–H groups in total. The van der Waals surface area contributed by atoms with Crippen molar-refractivity contribution in [1.82, 2.24) is 25.0 Å². The number of halogens is 1. The fraction of sp³-hybridized carbons (Fsp3) is 0.579. The molecule has 2 aromatic rings. The summed E-state index contributed by atoms with van der Waals surface area (Å²) in [6, 6.07) is 6.53. The van der Waals surface area contributed by atoms with Crippen LogP contribution in [0.15, 0.2) is 18.2 Å². The van der Waals surface area contributed by atoms with E-state index in [2.05, 4.69) is 50.1 Å². The summed E-state index contributed by atoms with van der Waals surface area (Å²) < 4.78 is 7.79. The Labute approximate surface area is 161 Å². The summed E-state index contributed by atoms with van der Waals surface area (Å²) in [6.07, 6.45) is 2.32. The van der Waals surface area contributed by atoms with Crippen molar-refractivity contribution in [3.8, 4) is 5.75 Å². The van der Waals surface area contributed by atoms with Gasteiger partial charge in [-0.25, -0.2) is 0 Å². The van der Waals surface area contributed by atoms with Crippen LogP contribution in [0.2, 0.25) is 0 Å². The first-order valence-corrected chi connectivity index (χ1v) is 9.23. The summed E-state index contributed by atoms with van der Waals surface area (Å²) in [5, 5.41) is 12.2. The van der Waals surface area contributed by atoms with Gasteiger partial charge in [-0.15, -0.1) is 22.6 Å². The Morgan fingerprint density at radius 1 is 1.19 bits per heavy atom. The van der Waals surface area contributed by atoms with Gasteiger partial charge >= 0.3 is 0 Å². The number of aromatic nitrogens is 3. The lowest BCUT2D eigenvalue weighted by Gasteiger charge is -2.32. The molecule has 1 saturated heterocycles. The number of fused-ring (bicyclic) bond motifs is 1. The van der Waals surface area contributed by atoms with Gasteiger partial charge in [-0.3, -0.25) is 4.90 Å². The van der Waals surface area contributed by atoms with Crippen LogP contribution in [0, 0.1) is 6.92 Å². The minimum atomic E-state index is 0. The Balaban J connectivity index is 0.00000196. The van der Waals surface area contributed by atoms with Crippen LogP contribution in [0.25, 0.3) is 0 Å². The maximum atomic E-state index is 5.45. The summed E-state index contributed by atoms with van der Waals surface area (Å²) in [5.74, 6) is 3.82. The number of piperidine rings is 1. The van der Waals surface area contributed by atoms with E-state index in [1.807, 2.05) is 0 Å².